The van der Waals surface area contributed by atoms with Crippen LogP contribution in [-0.2, 0) is 6.42 Å². The molecule has 0 amide bonds. The first-order valence-electron chi connectivity index (χ1n) is 15.2. The van der Waals surface area contributed by atoms with Crippen LogP contribution in [0.25, 0.3) is 43.4 Å². The first kappa shape index (κ1) is 26.6. The molecule has 1 heteroatoms. The van der Waals surface area contributed by atoms with Crippen LogP contribution in [0.4, 0.5) is 0 Å². The van der Waals surface area contributed by atoms with Crippen LogP contribution in [0.5, 0.6) is 0 Å². The maximum absolute atomic E-state index is 2.41. The van der Waals surface area contributed by atoms with Crippen LogP contribution in [-0.4, -0.2) is 0 Å². The van der Waals surface area contributed by atoms with E-state index in [2.05, 4.69) is 176 Å². The monoisotopic (exact) mass is 578 g/mol. The second-order valence-electron chi connectivity index (χ2n) is 11.4. The van der Waals surface area contributed by atoms with Crippen molar-refractivity contribution in [2.75, 3.05) is 0 Å². The summed E-state index contributed by atoms with van der Waals surface area (Å²) in [7, 11) is -0.814. The fraction of sp³-hybridized carbons (Fsp3) is 0.0233. The van der Waals surface area contributed by atoms with Gasteiger partial charge in [0, 0.05) is 0 Å². The quantitative estimate of drug-likeness (QED) is 0.172. The first-order chi connectivity index (χ1) is 21.8. The molecular formula is C43H31P. The van der Waals surface area contributed by atoms with Crippen molar-refractivity contribution < 1.29 is 0 Å². The Morgan fingerprint density at radius 2 is 0.864 bits per heavy atom. The zero-order valence-corrected chi connectivity index (χ0v) is 25.3. The lowest BCUT2D eigenvalue weighted by Gasteiger charge is -2.26. The molecule has 0 saturated heterocycles. The molecule has 0 aromatic heterocycles. The largest absolute Gasteiger partial charge is 0.0622 e. The fourth-order valence-electron chi connectivity index (χ4n) is 6.62. The summed E-state index contributed by atoms with van der Waals surface area (Å²) in [4.78, 5) is 0. The highest BCUT2D eigenvalue weighted by atomic mass is 31.1. The maximum Gasteiger partial charge on any atom is -0.00126 e. The normalized spacial score (nSPS) is 11.5. The van der Waals surface area contributed by atoms with E-state index >= 15 is 0 Å². The highest BCUT2D eigenvalue weighted by Gasteiger charge is 2.24. The summed E-state index contributed by atoms with van der Waals surface area (Å²) >= 11 is 0. The van der Waals surface area contributed by atoms with Gasteiger partial charge < -0.3 is 0 Å². The molecule has 0 nitrogen and oxygen atoms in total. The third kappa shape index (κ3) is 4.88. The van der Waals surface area contributed by atoms with E-state index in [1.54, 1.807) is 0 Å². The van der Waals surface area contributed by atoms with E-state index in [-0.39, 0.29) is 0 Å². The summed E-state index contributed by atoms with van der Waals surface area (Å²) in [5.41, 5.74) is 5.39. The molecule has 0 atom stereocenters. The van der Waals surface area contributed by atoms with E-state index in [0.29, 0.717) is 0 Å². The van der Waals surface area contributed by atoms with E-state index in [9.17, 15) is 0 Å². The summed E-state index contributed by atoms with van der Waals surface area (Å²) in [5.74, 6) is 0. The van der Waals surface area contributed by atoms with Crippen molar-refractivity contribution in [1.29, 1.82) is 0 Å². The molecule has 44 heavy (non-hydrogen) atoms. The number of benzene rings is 8. The standard InChI is InChI=1S/C43H31P/c1-3-17-37(18-4-1)44(38-19-5-2-6-20-38)41-28-27-34-15-10-12-22-40(34)43(41)42-36(26-25-33-14-9-11-21-39(33)42)30-31-23-24-32-13-7-8-16-35(32)29-31/h1-29H,30H2. The van der Waals surface area contributed by atoms with Crippen LogP contribution in [0.2, 0.25) is 0 Å². The molecule has 0 aliphatic carbocycles. The molecule has 0 heterocycles. The summed E-state index contributed by atoms with van der Waals surface area (Å²) in [6.45, 7) is 0. The van der Waals surface area contributed by atoms with Crippen molar-refractivity contribution >= 4 is 56.2 Å². The van der Waals surface area contributed by atoms with Crippen molar-refractivity contribution in [3.8, 4) is 11.1 Å². The lowest BCUT2D eigenvalue weighted by molar-refractivity contribution is 1.21. The SMILES string of the molecule is c1ccc(P(c2ccccc2)c2ccc3ccccc3c2-c2c(Cc3ccc4ccccc4c3)ccc3ccccc23)cc1. The predicted octanol–water partition coefficient (Wildman–Crippen LogP) is 10.2. The molecule has 8 aromatic carbocycles. The molecule has 0 aliphatic heterocycles. The topological polar surface area (TPSA) is 0 Å². The highest BCUT2D eigenvalue weighted by Crippen LogP contribution is 2.43. The molecule has 8 aromatic rings. The van der Waals surface area contributed by atoms with Gasteiger partial charge in [-0.3, -0.25) is 0 Å². The predicted molar refractivity (Wildman–Crippen MR) is 192 cm³/mol. The number of rotatable bonds is 6. The molecule has 0 spiro atoms. The van der Waals surface area contributed by atoms with Crippen LogP contribution in [0.3, 0.4) is 0 Å². The van der Waals surface area contributed by atoms with Gasteiger partial charge >= 0.3 is 0 Å². The van der Waals surface area contributed by atoms with Gasteiger partial charge in [-0.15, -0.1) is 0 Å². The lowest BCUT2D eigenvalue weighted by atomic mass is 9.87. The number of fused-ring (bicyclic) bond motifs is 3. The molecular weight excluding hydrogens is 547 g/mol. The Morgan fingerprint density at radius 3 is 1.52 bits per heavy atom. The van der Waals surface area contributed by atoms with E-state index in [1.807, 2.05) is 0 Å². The van der Waals surface area contributed by atoms with Gasteiger partial charge in [0.05, 0.1) is 0 Å². The van der Waals surface area contributed by atoms with Gasteiger partial charge in [0.15, 0.2) is 0 Å². The van der Waals surface area contributed by atoms with Gasteiger partial charge in [-0.25, -0.2) is 0 Å². The van der Waals surface area contributed by atoms with Gasteiger partial charge in [0.2, 0.25) is 0 Å². The zero-order chi connectivity index (χ0) is 29.3. The molecule has 208 valence electrons. The molecule has 0 unspecified atom stereocenters. The molecule has 0 aliphatic rings. The lowest BCUT2D eigenvalue weighted by Crippen LogP contribution is -2.22. The van der Waals surface area contributed by atoms with E-state index in [4.69, 9.17) is 0 Å². The van der Waals surface area contributed by atoms with E-state index in [1.165, 1.54) is 70.5 Å². The summed E-state index contributed by atoms with van der Waals surface area (Å²) in [6.07, 6.45) is 0.863. The second kappa shape index (κ2) is 11.6. The third-order valence-electron chi connectivity index (χ3n) is 8.65. The Bertz CT molecular complexity index is 2210. The van der Waals surface area contributed by atoms with Crippen molar-refractivity contribution in [1.82, 2.24) is 0 Å². The van der Waals surface area contributed by atoms with Crippen LogP contribution in [0.15, 0.2) is 176 Å². The molecule has 8 rings (SSSR count). The molecule has 0 radical (unpaired) electrons. The van der Waals surface area contributed by atoms with Crippen LogP contribution < -0.4 is 15.9 Å². The molecule has 0 saturated carbocycles. The Hall–Kier alpha value is -5.03. The average molecular weight is 579 g/mol. The van der Waals surface area contributed by atoms with Crippen molar-refractivity contribution in [2.45, 2.75) is 6.42 Å². The molecule has 0 fully saturated rings. The summed E-state index contributed by atoms with van der Waals surface area (Å²) in [5, 5.41) is 11.8. The zero-order valence-electron chi connectivity index (χ0n) is 24.4. The van der Waals surface area contributed by atoms with Crippen LogP contribution in [0.1, 0.15) is 11.1 Å². The minimum absolute atomic E-state index is 0.814. The molecule has 0 bridgehead atoms. The fourth-order valence-corrected chi connectivity index (χ4v) is 9.09. The van der Waals surface area contributed by atoms with Gasteiger partial charge in [0.25, 0.3) is 0 Å². The maximum atomic E-state index is 2.41. The minimum atomic E-state index is -0.814. The minimum Gasteiger partial charge on any atom is -0.0622 e. The van der Waals surface area contributed by atoms with Gasteiger partial charge in [-0.1, -0.05) is 176 Å². The van der Waals surface area contributed by atoms with Crippen LogP contribution >= 0.6 is 7.92 Å². The Kier molecular flexibility index (Phi) is 6.99. The van der Waals surface area contributed by atoms with E-state index in [0.717, 1.165) is 6.42 Å². The van der Waals surface area contributed by atoms with Crippen molar-refractivity contribution in [2.24, 2.45) is 0 Å². The first-order valence-corrected chi connectivity index (χ1v) is 16.6. The van der Waals surface area contributed by atoms with Crippen LogP contribution in [0, 0.1) is 0 Å². The van der Waals surface area contributed by atoms with Gasteiger partial charge in [0.1, 0.15) is 0 Å². The average Bonchev–Trinajstić information content (AvgIpc) is 3.09. The Balaban J connectivity index is 1.44. The highest BCUT2D eigenvalue weighted by molar-refractivity contribution is 7.80. The van der Waals surface area contributed by atoms with Gasteiger partial charge in [-0.2, -0.15) is 0 Å². The third-order valence-corrected chi connectivity index (χ3v) is 11.1. The summed E-state index contributed by atoms with van der Waals surface area (Å²) < 4.78 is 0. The van der Waals surface area contributed by atoms with Crippen molar-refractivity contribution in [3.63, 3.8) is 0 Å². The number of hydrogen-bond acceptors (Lipinski definition) is 0. The summed E-state index contributed by atoms with van der Waals surface area (Å²) in [6, 6.07) is 65.0. The Morgan fingerprint density at radius 1 is 0.364 bits per heavy atom. The smallest absolute Gasteiger partial charge is 0.00126 e. The Labute approximate surface area is 260 Å². The van der Waals surface area contributed by atoms with Crippen molar-refractivity contribution in [3.05, 3.63) is 187 Å². The van der Waals surface area contributed by atoms with E-state index < -0.39 is 7.92 Å². The molecule has 0 N–H and O–H groups in total. The van der Waals surface area contributed by atoms with Gasteiger partial charge in [-0.05, 0) is 84.8 Å². The second-order valence-corrected chi connectivity index (χ2v) is 13.6. The number of hydrogen-bond donors (Lipinski definition) is 0.